The van der Waals surface area contributed by atoms with E-state index in [1.165, 1.54) is 0 Å². The summed E-state index contributed by atoms with van der Waals surface area (Å²) in [6.07, 6.45) is -0.174. The van der Waals surface area contributed by atoms with Gasteiger partial charge in [0.2, 0.25) is 0 Å². The van der Waals surface area contributed by atoms with Crippen molar-refractivity contribution in [2.45, 2.75) is 12.5 Å². The normalized spacial score (nSPS) is 12.0. The number of halogens is 1. The monoisotopic (exact) mass is 336 g/mol. The molecule has 3 nitrogen and oxygen atoms in total. The second-order valence-electron chi connectivity index (χ2n) is 4.42. The number of rotatable bonds is 5. The minimum atomic E-state index is -0.678. The Labute approximate surface area is 127 Å². The summed E-state index contributed by atoms with van der Waals surface area (Å²) < 4.78 is 11.7. The standard InChI is InChI=1S/C16H17BrO3/c1-19-14-4-3-5-15(20-2)16(14)13(18)10-11-6-8-12(17)9-7-11/h3-9,13,18H,10H2,1-2H3. The molecule has 0 spiro atoms. The number of aliphatic hydroxyl groups is 1. The van der Waals surface area contributed by atoms with Gasteiger partial charge in [-0.25, -0.2) is 0 Å². The molecule has 20 heavy (non-hydrogen) atoms. The molecule has 0 fully saturated rings. The van der Waals surface area contributed by atoms with E-state index < -0.39 is 6.10 Å². The van der Waals surface area contributed by atoms with E-state index in [1.54, 1.807) is 14.2 Å². The summed E-state index contributed by atoms with van der Waals surface area (Å²) >= 11 is 3.40. The van der Waals surface area contributed by atoms with Crippen LogP contribution in [0.5, 0.6) is 11.5 Å². The lowest BCUT2D eigenvalue weighted by molar-refractivity contribution is 0.169. The molecule has 1 N–H and O–H groups in total. The van der Waals surface area contributed by atoms with E-state index in [0.29, 0.717) is 23.5 Å². The van der Waals surface area contributed by atoms with Crippen LogP contribution < -0.4 is 9.47 Å². The molecule has 2 aromatic carbocycles. The van der Waals surface area contributed by atoms with Gasteiger partial charge in [-0.3, -0.25) is 0 Å². The minimum absolute atomic E-state index is 0.504. The number of hydrogen-bond donors (Lipinski definition) is 1. The summed E-state index contributed by atoms with van der Waals surface area (Å²) in [4.78, 5) is 0. The average Bonchev–Trinajstić information content (AvgIpc) is 2.48. The predicted octanol–water partition coefficient (Wildman–Crippen LogP) is 3.74. The molecule has 0 aliphatic rings. The third kappa shape index (κ3) is 3.32. The molecule has 0 radical (unpaired) electrons. The SMILES string of the molecule is COc1cccc(OC)c1C(O)Cc1ccc(Br)cc1. The van der Waals surface area contributed by atoms with Crippen molar-refractivity contribution in [2.75, 3.05) is 14.2 Å². The minimum Gasteiger partial charge on any atom is -0.496 e. The van der Waals surface area contributed by atoms with Gasteiger partial charge in [0, 0.05) is 10.9 Å². The van der Waals surface area contributed by atoms with Gasteiger partial charge in [-0.2, -0.15) is 0 Å². The van der Waals surface area contributed by atoms with Crippen molar-refractivity contribution >= 4 is 15.9 Å². The zero-order valence-corrected chi connectivity index (χ0v) is 13.1. The van der Waals surface area contributed by atoms with E-state index in [9.17, 15) is 5.11 Å². The van der Waals surface area contributed by atoms with E-state index >= 15 is 0 Å². The van der Waals surface area contributed by atoms with Gasteiger partial charge in [-0.1, -0.05) is 34.1 Å². The van der Waals surface area contributed by atoms with Crippen LogP contribution in [0.4, 0.5) is 0 Å². The maximum atomic E-state index is 10.5. The maximum absolute atomic E-state index is 10.5. The molecular weight excluding hydrogens is 320 g/mol. The molecule has 1 atom stereocenters. The van der Waals surface area contributed by atoms with Crippen LogP contribution in [0.2, 0.25) is 0 Å². The Morgan fingerprint density at radius 1 is 1.00 bits per heavy atom. The molecule has 0 aromatic heterocycles. The zero-order chi connectivity index (χ0) is 14.5. The van der Waals surface area contributed by atoms with Crippen LogP contribution in [0.1, 0.15) is 17.2 Å². The van der Waals surface area contributed by atoms with Crippen molar-refractivity contribution in [1.29, 1.82) is 0 Å². The predicted molar refractivity (Wildman–Crippen MR) is 82.4 cm³/mol. The highest BCUT2D eigenvalue weighted by Crippen LogP contribution is 2.35. The van der Waals surface area contributed by atoms with Crippen LogP contribution in [-0.2, 0) is 6.42 Å². The van der Waals surface area contributed by atoms with Gasteiger partial charge in [-0.05, 0) is 29.8 Å². The summed E-state index contributed by atoms with van der Waals surface area (Å²) in [5, 5.41) is 10.5. The van der Waals surface area contributed by atoms with Gasteiger partial charge in [0.25, 0.3) is 0 Å². The van der Waals surface area contributed by atoms with Crippen molar-refractivity contribution in [1.82, 2.24) is 0 Å². The van der Waals surface area contributed by atoms with E-state index in [4.69, 9.17) is 9.47 Å². The molecule has 0 bridgehead atoms. The molecule has 0 saturated heterocycles. The molecule has 0 aliphatic heterocycles. The third-order valence-electron chi connectivity index (χ3n) is 3.14. The summed E-state index contributed by atoms with van der Waals surface area (Å²) in [6, 6.07) is 13.4. The highest BCUT2D eigenvalue weighted by molar-refractivity contribution is 9.10. The van der Waals surface area contributed by atoms with Crippen LogP contribution in [-0.4, -0.2) is 19.3 Å². The largest absolute Gasteiger partial charge is 0.496 e. The summed E-state index contributed by atoms with van der Waals surface area (Å²) in [5.74, 6) is 1.27. The van der Waals surface area contributed by atoms with Crippen LogP contribution in [0, 0.1) is 0 Å². The Morgan fingerprint density at radius 2 is 1.55 bits per heavy atom. The van der Waals surface area contributed by atoms with Crippen LogP contribution in [0.15, 0.2) is 46.9 Å². The number of methoxy groups -OCH3 is 2. The zero-order valence-electron chi connectivity index (χ0n) is 11.5. The van der Waals surface area contributed by atoms with Crippen molar-refractivity contribution in [3.8, 4) is 11.5 Å². The molecule has 0 amide bonds. The van der Waals surface area contributed by atoms with Crippen molar-refractivity contribution < 1.29 is 14.6 Å². The summed E-state index contributed by atoms with van der Waals surface area (Å²) in [6.45, 7) is 0. The van der Waals surface area contributed by atoms with Gasteiger partial charge >= 0.3 is 0 Å². The Kier molecular flexibility index (Phi) is 5.04. The van der Waals surface area contributed by atoms with E-state index in [0.717, 1.165) is 10.0 Å². The van der Waals surface area contributed by atoms with Crippen LogP contribution in [0.25, 0.3) is 0 Å². The Hall–Kier alpha value is -1.52. The lowest BCUT2D eigenvalue weighted by atomic mass is 9.99. The highest BCUT2D eigenvalue weighted by atomic mass is 79.9. The molecule has 0 aliphatic carbocycles. The fourth-order valence-corrected chi connectivity index (χ4v) is 2.42. The number of benzene rings is 2. The van der Waals surface area contributed by atoms with Gasteiger partial charge < -0.3 is 14.6 Å². The van der Waals surface area contributed by atoms with E-state index in [1.807, 2.05) is 42.5 Å². The molecule has 106 valence electrons. The van der Waals surface area contributed by atoms with Gasteiger partial charge in [0.15, 0.2) is 0 Å². The first-order valence-electron chi connectivity index (χ1n) is 6.29. The lowest BCUT2D eigenvalue weighted by Gasteiger charge is -2.18. The van der Waals surface area contributed by atoms with E-state index in [2.05, 4.69) is 15.9 Å². The molecule has 4 heteroatoms. The number of aliphatic hydroxyl groups excluding tert-OH is 1. The maximum Gasteiger partial charge on any atom is 0.128 e. The van der Waals surface area contributed by atoms with Crippen molar-refractivity contribution in [3.63, 3.8) is 0 Å². The average molecular weight is 337 g/mol. The fourth-order valence-electron chi connectivity index (χ4n) is 2.15. The molecule has 1 unspecified atom stereocenters. The quantitative estimate of drug-likeness (QED) is 0.903. The number of ether oxygens (including phenoxy) is 2. The first-order valence-corrected chi connectivity index (χ1v) is 7.08. The van der Waals surface area contributed by atoms with Gasteiger partial charge in [-0.15, -0.1) is 0 Å². The molecule has 2 aromatic rings. The van der Waals surface area contributed by atoms with Crippen LogP contribution >= 0.6 is 15.9 Å². The second kappa shape index (κ2) is 6.77. The summed E-state index contributed by atoms with van der Waals surface area (Å²) in [7, 11) is 3.18. The Balaban J connectivity index is 2.28. The van der Waals surface area contributed by atoms with Crippen molar-refractivity contribution in [3.05, 3.63) is 58.1 Å². The Morgan fingerprint density at radius 3 is 2.05 bits per heavy atom. The second-order valence-corrected chi connectivity index (χ2v) is 5.34. The van der Waals surface area contributed by atoms with Gasteiger partial charge in [0.05, 0.1) is 25.9 Å². The van der Waals surface area contributed by atoms with Gasteiger partial charge in [0.1, 0.15) is 11.5 Å². The number of hydrogen-bond acceptors (Lipinski definition) is 3. The van der Waals surface area contributed by atoms with E-state index in [-0.39, 0.29) is 0 Å². The molecule has 2 rings (SSSR count). The summed E-state index contributed by atoms with van der Waals surface area (Å²) in [5.41, 5.74) is 1.73. The first kappa shape index (κ1) is 14.9. The highest BCUT2D eigenvalue weighted by Gasteiger charge is 2.19. The molecule has 0 heterocycles. The van der Waals surface area contributed by atoms with Crippen LogP contribution in [0.3, 0.4) is 0 Å². The van der Waals surface area contributed by atoms with Crippen molar-refractivity contribution in [2.24, 2.45) is 0 Å². The lowest BCUT2D eigenvalue weighted by Crippen LogP contribution is -2.06. The Bertz CT molecular complexity index is 544. The fraction of sp³-hybridized carbons (Fsp3) is 0.250. The molecule has 0 saturated carbocycles. The third-order valence-corrected chi connectivity index (χ3v) is 3.67. The molecular formula is C16H17BrO3. The smallest absolute Gasteiger partial charge is 0.128 e. The topological polar surface area (TPSA) is 38.7 Å². The first-order chi connectivity index (χ1) is 9.65.